The number of benzene rings is 2. The molecule has 6 nitrogen and oxygen atoms in total. The number of sulfonamides is 1. The molecule has 1 amide bonds. The van der Waals surface area contributed by atoms with Crippen molar-refractivity contribution in [1.29, 1.82) is 0 Å². The zero-order valence-corrected chi connectivity index (χ0v) is 16.6. The lowest BCUT2D eigenvalue weighted by Crippen LogP contribution is -2.39. The second-order valence-electron chi connectivity index (χ2n) is 6.73. The second-order valence-corrected chi connectivity index (χ2v) is 8.44. The van der Waals surface area contributed by atoms with E-state index in [2.05, 4.69) is 10.0 Å². The third-order valence-corrected chi connectivity index (χ3v) is 5.40. The Hall–Kier alpha value is -2.29. The lowest BCUT2D eigenvalue weighted by molar-refractivity contribution is 0.102. The number of carbonyl (C=O) groups excluding carboxylic acids is 1. The summed E-state index contributed by atoms with van der Waals surface area (Å²) in [6.07, 6.45) is 0. The summed E-state index contributed by atoms with van der Waals surface area (Å²) < 4.78 is 41.0. The molecule has 8 heteroatoms. The van der Waals surface area contributed by atoms with Gasteiger partial charge >= 0.3 is 0 Å². The number of halogens is 1. The lowest BCUT2D eigenvalue weighted by Gasteiger charge is -2.18. The van der Waals surface area contributed by atoms with E-state index in [9.17, 15) is 17.6 Å². The van der Waals surface area contributed by atoms with Crippen molar-refractivity contribution < 1.29 is 17.6 Å². The molecule has 1 unspecified atom stereocenters. The molecule has 2 N–H and O–H groups in total. The molecule has 0 bridgehead atoms. The number of likely N-dealkylation sites (N-methyl/N-ethyl adjacent to an activating group) is 1. The van der Waals surface area contributed by atoms with E-state index < -0.39 is 15.9 Å². The Morgan fingerprint density at radius 1 is 1.19 bits per heavy atom. The minimum absolute atomic E-state index is 0.0102. The number of nitrogens with one attached hydrogen (secondary N) is 2. The number of hydrogen-bond acceptors (Lipinski definition) is 4. The molecule has 0 saturated heterocycles. The summed E-state index contributed by atoms with van der Waals surface area (Å²) in [5, 5.41) is 2.64. The molecule has 0 fully saturated rings. The van der Waals surface area contributed by atoms with E-state index in [1.54, 1.807) is 13.8 Å². The van der Waals surface area contributed by atoms with Crippen LogP contribution in [-0.2, 0) is 10.0 Å². The first-order valence-electron chi connectivity index (χ1n) is 8.43. The van der Waals surface area contributed by atoms with Gasteiger partial charge < -0.3 is 10.2 Å². The zero-order valence-electron chi connectivity index (χ0n) is 15.8. The van der Waals surface area contributed by atoms with Gasteiger partial charge in [0.15, 0.2) is 0 Å². The molecule has 0 radical (unpaired) electrons. The van der Waals surface area contributed by atoms with Crippen molar-refractivity contribution in [3.05, 3.63) is 59.4 Å². The number of amides is 1. The highest BCUT2D eigenvalue weighted by atomic mass is 32.2. The minimum atomic E-state index is -3.75. The summed E-state index contributed by atoms with van der Waals surface area (Å²) in [5.41, 5.74) is 1.04. The summed E-state index contributed by atoms with van der Waals surface area (Å²) >= 11 is 0. The maximum atomic E-state index is 13.3. The van der Waals surface area contributed by atoms with Gasteiger partial charge in [-0.25, -0.2) is 17.5 Å². The van der Waals surface area contributed by atoms with Gasteiger partial charge in [-0.15, -0.1) is 0 Å². The van der Waals surface area contributed by atoms with Gasteiger partial charge in [-0.05, 0) is 69.9 Å². The molecule has 0 aliphatic rings. The van der Waals surface area contributed by atoms with Crippen molar-refractivity contribution in [3.8, 4) is 0 Å². The molecule has 0 spiro atoms. The van der Waals surface area contributed by atoms with E-state index >= 15 is 0 Å². The van der Waals surface area contributed by atoms with E-state index in [-0.39, 0.29) is 22.3 Å². The van der Waals surface area contributed by atoms with E-state index in [0.717, 1.165) is 0 Å². The first kappa shape index (κ1) is 21.0. The number of carbonyl (C=O) groups is 1. The summed E-state index contributed by atoms with van der Waals surface area (Å²) in [6.45, 7) is 3.91. The van der Waals surface area contributed by atoms with Crippen molar-refractivity contribution in [2.75, 3.05) is 26.0 Å². The molecule has 0 aliphatic carbocycles. The number of anilines is 1. The standard InChI is InChI=1S/C19H24FN3O3S/c1-13-10-16(8-9-18(13)20)21-19(24)15-6-5-7-17(11-15)27(25,26)22-14(2)12-23(3)4/h5-11,14,22H,12H2,1-4H3,(H,21,24). The van der Waals surface area contributed by atoms with E-state index in [4.69, 9.17) is 0 Å². The first-order valence-corrected chi connectivity index (χ1v) is 9.91. The van der Waals surface area contributed by atoms with Gasteiger partial charge in [0, 0.05) is 23.8 Å². The molecule has 2 aromatic rings. The molecular weight excluding hydrogens is 369 g/mol. The van der Waals surface area contributed by atoms with Crippen LogP contribution < -0.4 is 10.0 Å². The third kappa shape index (κ3) is 5.85. The van der Waals surface area contributed by atoms with Crippen LogP contribution in [-0.4, -0.2) is 45.9 Å². The quantitative estimate of drug-likeness (QED) is 0.758. The van der Waals surface area contributed by atoms with Crippen LogP contribution in [0.2, 0.25) is 0 Å². The minimum Gasteiger partial charge on any atom is -0.322 e. The summed E-state index contributed by atoms with van der Waals surface area (Å²) in [7, 11) is -0.0444. The highest BCUT2D eigenvalue weighted by Gasteiger charge is 2.19. The van der Waals surface area contributed by atoms with Gasteiger partial charge in [-0.2, -0.15) is 0 Å². The number of nitrogens with zero attached hydrogens (tertiary/aromatic N) is 1. The summed E-state index contributed by atoms with van der Waals surface area (Å²) in [4.78, 5) is 14.3. The topological polar surface area (TPSA) is 78.5 Å². The van der Waals surface area contributed by atoms with Gasteiger partial charge in [0.25, 0.3) is 5.91 Å². The summed E-state index contributed by atoms with van der Waals surface area (Å²) in [5.74, 6) is -0.835. The Balaban J connectivity index is 2.18. The van der Waals surface area contributed by atoms with Crippen molar-refractivity contribution in [2.24, 2.45) is 0 Å². The van der Waals surface area contributed by atoms with E-state index in [0.29, 0.717) is 17.8 Å². The lowest BCUT2D eigenvalue weighted by atomic mass is 10.2. The predicted molar refractivity (Wildman–Crippen MR) is 104 cm³/mol. The Bertz CT molecular complexity index is 930. The second kappa shape index (κ2) is 8.60. The molecule has 1 atom stereocenters. The molecule has 27 heavy (non-hydrogen) atoms. The van der Waals surface area contributed by atoms with Crippen LogP contribution in [0, 0.1) is 12.7 Å². The molecule has 0 heterocycles. The molecule has 0 aliphatic heterocycles. The van der Waals surface area contributed by atoms with Gasteiger partial charge in [0.1, 0.15) is 5.82 Å². The SMILES string of the molecule is Cc1cc(NC(=O)c2cccc(S(=O)(=O)NC(C)CN(C)C)c2)ccc1F. The van der Waals surface area contributed by atoms with Crippen LogP contribution in [0.4, 0.5) is 10.1 Å². The van der Waals surface area contributed by atoms with Gasteiger partial charge in [-0.3, -0.25) is 4.79 Å². The van der Waals surface area contributed by atoms with E-state index in [1.165, 1.54) is 42.5 Å². The largest absolute Gasteiger partial charge is 0.322 e. The van der Waals surface area contributed by atoms with Crippen molar-refractivity contribution in [3.63, 3.8) is 0 Å². The fourth-order valence-corrected chi connectivity index (χ4v) is 3.93. The highest BCUT2D eigenvalue weighted by Crippen LogP contribution is 2.17. The molecule has 146 valence electrons. The Morgan fingerprint density at radius 2 is 1.89 bits per heavy atom. The van der Waals surface area contributed by atoms with Crippen LogP contribution in [0.3, 0.4) is 0 Å². The molecule has 0 saturated carbocycles. The predicted octanol–water partition coefficient (Wildman–Crippen LogP) is 2.61. The van der Waals surface area contributed by atoms with Crippen LogP contribution in [0.25, 0.3) is 0 Å². The molecule has 2 rings (SSSR count). The molecule has 2 aromatic carbocycles. The Labute approximate surface area is 159 Å². The third-order valence-electron chi connectivity index (χ3n) is 3.82. The van der Waals surface area contributed by atoms with Crippen LogP contribution in [0.5, 0.6) is 0 Å². The number of rotatable bonds is 7. The Morgan fingerprint density at radius 3 is 2.52 bits per heavy atom. The molecule has 0 aromatic heterocycles. The monoisotopic (exact) mass is 393 g/mol. The molecular formula is C19H24FN3O3S. The van der Waals surface area contributed by atoms with Crippen LogP contribution in [0.15, 0.2) is 47.4 Å². The number of aryl methyl sites for hydroxylation is 1. The zero-order chi connectivity index (χ0) is 20.2. The van der Waals surface area contributed by atoms with Crippen molar-refractivity contribution >= 4 is 21.6 Å². The summed E-state index contributed by atoms with van der Waals surface area (Å²) in [6, 6.07) is 9.72. The maximum Gasteiger partial charge on any atom is 0.255 e. The normalized spacial score (nSPS) is 12.8. The van der Waals surface area contributed by atoms with Crippen molar-refractivity contribution in [2.45, 2.75) is 24.8 Å². The van der Waals surface area contributed by atoms with Gasteiger partial charge in [0.05, 0.1) is 4.90 Å². The first-order chi connectivity index (χ1) is 12.6. The smallest absolute Gasteiger partial charge is 0.255 e. The average Bonchev–Trinajstić information content (AvgIpc) is 2.57. The average molecular weight is 393 g/mol. The number of hydrogen-bond donors (Lipinski definition) is 2. The highest BCUT2D eigenvalue weighted by molar-refractivity contribution is 7.89. The van der Waals surface area contributed by atoms with Crippen LogP contribution >= 0.6 is 0 Å². The Kier molecular flexibility index (Phi) is 6.69. The van der Waals surface area contributed by atoms with Crippen LogP contribution in [0.1, 0.15) is 22.8 Å². The van der Waals surface area contributed by atoms with Crippen molar-refractivity contribution in [1.82, 2.24) is 9.62 Å². The van der Waals surface area contributed by atoms with Gasteiger partial charge in [-0.1, -0.05) is 6.07 Å². The maximum absolute atomic E-state index is 13.3. The fourth-order valence-electron chi connectivity index (χ4n) is 2.65. The van der Waals surface area contributed by atoms with E-state index in [1.807, 2.05) is 19.0 Å². The fraction of sp³-hybridized carbons (Fsp3) is 0.316. The van der Waals surface area contributed by atoms with Gasteiger partial charge in [0.2, 0.25) is 10.0 Å².